The maximum absolute atomic E-state index is 10.7. The minimum Gasteiger partial charge on any atom is -0.270 e. The van der Waals surface area contributed by atoms with Crippen molar-refractivity contribution in [3.63, 3.8) is 0 Å². The van der Waals surface area contributed by atoms with Crippen LogP contribution in [0.5, 0.6) is 0 Å². The van der Waals surface area contributed by atoms with Crippen LogP contribution in [0, 0.1) is 11.8 Å². The lowest BCUT2D eigenvalue weighted by molar-refractivity contribution is 0.282. The summed E-state index contributed by atoms with van der Waals surface area (Å²) < 4.78 is 26.1. The van der Waals surface area contributed by atoms with Crippen molar-refractivity contribution in [2.24, 2.45) is 11.8 Å². The molecule has 0 aliphatic rings. The lowest BCUT2D eigenvalue weighted by Gasteiger charge is -2.11. The molecule has 0 aromatic rings. The highest BCUT2D eigenvalue weighted by atomic mass is 32.2. The van der Waals surface area contributed by atoms with E-state index in [0.717, 1.165) is 25.0 Å². The second-order valence-electron chi connectivity index (χ2n) is 4.74. The molecule has 0 bridgehead atoms. The van der Waals surface area contributed by atoms with Crippen molar-refractivity contribution in [1.82, 2.24) is 0 Å². The Balaban J connectivity index is 3.45. The van der Waals surface area contributed by atoms with Gasteiger partial charge in [0.15, 0.2) is 0 Å². The standard InChI is InChI=1S/C11H24O3S/c1-10(2)6-5-7-11(3)8-9-14-15(4,12)13/h10-11H,5-9H2,1-4H3/t11-/m1/s1. The van der Waals surface area contributed by atoms with E-state index in [1.807, 2.05) is 0 Å². The van der Waals surface area contributed by atoms with Crippen LogP contribution in [0.1, 0.15) is 46.5 Å². The lowest BCUT2D eigenvalue weighted by Crippen LogP contribution is -2.07. The average molecular weight is 236 g/mol. The maximum Gasteiger partial charge on any atom is 0.264 e. The molecular formula is C11H24O3S. The molecule has 0 saturated heterocycles. The summed E-state index contributed by atoms with van der Waals surface area (Å²) in [6, 6.07) is 0. The number of hydrogen-bond acceptors (Lipinski definition) is 3. The van der Waals surface area contributed by atoms with Gasteiger partial charge < -0.3 is 0 Å². The molecule has 0 aliphatic carbocycles. The van der Waals surface area contributed by atoms with Gasteiger partial charge in [-0.15, -0.1) is 0 Å². The molecule has 4 heteroatoms. The molecule has 0 fully saturated rings. The third-order valence-electron chi connectivity index (χ3n) is 2.39. The summed E-state index contributed by atoms with van der Waals surface area (Å²) in [5, 5.41) is 0. The van der Waals surface area contributed by atoms with E-state index < -0.39 is 10.1 Å². The van der Waals surface area contributed by atoms with Gasteiger partial charge in [0.25, 0.3) is 10.1 Å². The Kier molecular flexibility index (Phi) is 7.18. The molecule has 0 amide bonds. The first kappa shape index (κ1) is 14.9. The van der Waals surface area contributed by atoms with Crippen LogP contribution in [0.4, 0.5) is 0 Å². The molecule has 0 heterocycles. The van der Waals surface area contributed by atoms with Gasteiger partial charge in [-0.3, -0.25) is 4.18 Å². The van der Waals surface area contributed by atoms with Crippen LogP contribution in [0.2, 0.25) is 0 Å². The Morgan fingerprint density at radius 1 is 1.07 bits per heavy atom. The van der Waals surface area contributed by atoms with E-state index in [1.54, 1.807) is 0 Å². The maximum atomic E-state index is 10.7. The summed E-state index contributed by atoms with van der Waals surface area (Å²) in [5.74, 6) is 1.30. The van der Waals surface area contributed by atoms with Gasteiger partial charge >= 0.3 is 0 Å². The van der Waals surface area contributed by atoms with Crippen molar-refractivity contribution in [3.8, 4) is 0 Å². The van der Waals surface area contributed by atoms with E-state index in [-0.39, 0.29) is 0 Å². The zero-order valence-corrected chi connectivity index (χ0v) is 11.1. The highest BCUT2D eigenvalue weighted by Crippen LogP contribution is 2.15. The van der Waals surface area contributed by atoms with E-state index in [2.05, 4.69) is 20.8 Å². The average Bonchev–Trinajstić information content (AvgIpc) is 2.00. The molecule has 0 radical (unpaired) electrons. The minimum absolute atomic E-state index is 0.321. The van der Waals surface area contributed by atoms with E-state index in [1.165, 1.54) is 12.8 Å². The molecule has 0 saturated carbocycles. The van der Waals surface area contributed by atoms with Crippen molar-refractivity contribution in [1.29, 1.82) is 0 Å². The lowest BCUT2D eigenvalue weighted by atomic mass is 9.98. The van der Waals surface area contributed by atoms with Crippen molar-refractivity contribution < 1.29 is 12.6 Å². The monoisotopic (exact) mass is 236 g/mol. The van der Waals surface area contributed by atoms with Crippen LogP contribution in [0.25, 0.3) is 0 Å². The fraction of sp³-hybridized carbons (Fsp3) is 1.00. The fourth-order valence-electron chi connectivity index (χ4n) is 1.42. The van der Waals surface area contributed by atoms with Gasteiger partial charge in [0.2, 0.25) is 0 Å². The molecule has 0 unspecified atom stereocenters. The van der Waals surface area contributed by atoms with Gasteiger partial charge in [0.05, 0.1) is 12.9 Å². The molecule has 0 aromatic carbocycles. The highest BCUT2D eigenvalue weighted by Gasteiger charge is 2.06. The summed E-state index contributed by atoms with van der Waals surface area (Å²) in [6.07, 6.45) is 5.54. The molecular weight excluding hydrogens is 212 g/mol. The molecule has 0 rings (SSSR count). The van der Waals surface area contributed by atoms with Crippen LogP contribution >= 0.6 is 0 Å². The van der Waals surface area contributed by atoms with E-state index >= 15 is 0 Å². The first-order valence-electron chi connectivity index (χ1n) is 5.65. The van der Waals surface area contributed by atoms with Crippen LogP contribution in [0.15, 0.2) is 0 Å². The van der Waals surface area contributed by atoms with Gasteiger partial charge in [0, 0.05) is 0 Å². The summed E-state index contributed by atoms with van der Waals surface area (Å²) in [6.45, 7) is 6.91. The van der Waals surface area contributed by atoms with Gasteiger partial charge in [-0.2, -0.15) is 8.42 Å². The molecule has 0 aromatic heterocycles. The van der Waals surface area contributed by atoms with Crippen molar-refractivity contribution in [2.75, 3.05) is 12.9 Å². The highest BCUT2D eigenvalue weighted by molar-refractivity contribution is 7.85. The molecule has 0 N–H and O–H groups in total. The van der Waals surface area contributed by atoms with Crippen LogP contribution in [0.3, 0.4) is 0 Å². The van der Waals surface area contributed by atoms with Gasteiger partial charge in [-0.1, -0.05) is 40.0 Å². The summed E-state index contributed by atoms with van der Waals surface area (Å²) in [5.41, 5.74) is 0. The van der Waals surface area contributed by atoms with Crippen LogP contribution in [-0.2, 0) is 14.3 Å². The molecule has 15 heavy (non-hydrogen) atoms. The zero-order chi connectivity index (χ0) is 11.9. The van der Waals surface area contributed by atoms with Crippen molar-refractivity contribution in [3.05, 3.63) is 0 Å². The molecule has 0 aliphatic heterocycles. The third-order valence-corrected chi connectivity index (χ3v) is 2.98. The predicted molar refractivity (Wildman–Crippen MR) is 63.3 cm³/mol. The second kappa shape index (κ2) is 7.23. The Morgan fingerprint density at radius 2 is 1.67 bits per heavy atom. The number of hydrogen-bond donors (Lipinski definition) is 0. The quantitative estimate of drug-likeness (QED) is 0.609. The molecule has 3 nitrogen and oxygen atoms in total. The summed E-state index contributed by atoms with van der Waals surface area (Å²) in [4.78, 5) is 0. The smallest absolute Gasteiger partial charge is 0.264 e. The van der Waals surface area contributed by atoms with Crippen LogP contribution < -0.4 is 0 Å². The molecule has 1 atom stereocenters. The zero-order valence-electron chi connectivity index (χ0n) is 10.3. The Bertz CT molecular complexity index is 245. The van der Waals surface area contributed by atoms with Crippen molar-refractivity contribution >= 4 is 10.1 Å². The van der Waals surface area contributed by atoms with E-state index in [9.17, 15) is 8.42 Å². The SMILES string of the molecule is CC(C)CCC[C@@H](C)CCOS(C)(=O)=O. The van der Waals surface area contributed by atoms with Gasteiger partial charge in [-0.05, 0) is 18.3 Å². The topological polar surface area (TPSA) is 43.4 Å². The minimum atomic E-state index is -3.25. The predicted octanol–water partition coefficient (Wildman–Crippen LogP) is 2.82. The first-order valence-corrected chi connectivity index (χ1v) is 7.47. The third kappa shape index (κ3) is 11.8. The van der Waals surface area contributed by atoms with E-state index in [0.29, 0.717) is 12.5 Å². The Morgan fingerprint density at radius 3 is 2.13 bits per heavy atom. The first-order chi connectivity index (χ1) is 6.81. The number of rotatable bonds is 8. The van der Waals surface area contributed by atoms with Crippen molar-refractivity contribution in [2.45, 2.75) is 46.5 Å². The van der Waals surface area contributed by atoms with E-state index in [4.69, 9.17) is 4.18 Å². The summed E-state index contributed by atoms with van der Waals surface area (Å²) in [7, 11) is -3.25. The molecule has 0 spiro atoms. The Hall–Kier alpha value is -0.0900. The molecule has 92 valence electrons. The largest absolute Gasteiger partial charge is 0.270 e. The normalized spacial score (nSPS) is 14.5. The second-order valence-corrected chi connectivity index (χ2v) is 6.39. The van der Waals surface area contributed by atoms with Gasteiger partial charge in [0.1, 0.15) is 0 Å². The summed E-state index contributed by atoms with van der Waals surface area (Å²) >= 11 is 0. The fourth-order valence-corrected chi connectivity index (χ4v) is 1.82. The van der Waals surface area contributed by atoms with Gasteiger partial charge in [-0.25, -0.2) is 0 Å². The van der Waals surface area contributed by atoms with Crippen LogP contribution in [-0.4, -0.2) is 21.3 Å². The Labute approximate surface area is 94.3 Å².